The van der Waals surface area contributed by atoms with Crippen LogP contribution in [0.5, 0.6) is 0 Å². The lowest BCUT2D eigenvalue weighted by molar-refractivity contribution is -0.0760. The number of hydrogen-bond donors (Lipinski definition) is 6. The molecule has 1 saturated heterocycles. The molecule has 2 aromatic heterocycles. The lowest BCUT2D eigenvalue weighted by Gasteiger charge is -2.40. The van der Waals surface area contributed by atoms with Gasteiger partial charge in [0, 0.05) is 12.6 Å². The predicted molar refractivity (Wildman–Crippen MR) is 125 cm³/mol. The number of aromatic nitrogens is 3. The van der Waals surface area contributed by atoms with Gasteiger partial charge < -0.3 is 35.3 Å². The fourth-order valence-corrected chi connectivity index (χ4v) is 6.29. The van der Waals surface area contributed by atoms with E-state index in [1.165, 1.54) is 16.8 Å². The number of ether oxygens (including phenoxy) is 1. The number of nitrogens with two attached hydrogens (primary N) is 1. The molecule has 0 spiro atoms. The number of rotatable bonds is 10. The Morgan fingerprint density at radius 3 is 2.38 bits per heavy atom. The average molecular weight is 503 g/mol. The van der Waals surface area contributed by atoms with Crippen LogP contribution in [0.25, 0.3) is 11.0 Å². The van der Waals surface area contributed by atoms with Crippen molar-refractivity contribution in [2.24, 2.45) is 0 Å². The molecule has 5 atom stereocenters. The van der Waals surface area contributed by atoms with Crippen LogP contribution in [0.2, 0.25) is 0 Å². The number of hydrogen-bond acceptors (Lipinski definition) is 9. The summed E-state index contributed by atoms with van der Waals surface area (Å²) >= 11 is 0. The monoisotopic (exact) mass is 502 g/mol. The van der Waals surface area contributed by atoms with Gasteiger partial charge in [-0.15, -0.1) is 0 Å². The second-order valence-corrected chi connectivity index (χ2v) is 10.9. The Labute approximate surface area is 197 Å². The SMILES string of the molecule is CCC(CC)(C[C@H]1O[C@@H](n2ccc3c(=O)[nH]c(N)nc32)[C@H](O)[C@@H]1O)OP(=O)(O)C(O)(CC)CC. The third kappa shape index (κ3) is 4.56. The number of anilines is 1. The molecule has 0 radical (unpaired) electrons. The van der Waals surface area contributed by atoms with E-state index in [-0.39, 0.29) is 36.2 Å². The van der Waals surface area contributed by atoms with Gasteiger partial charge in [0.25, 0.3) is 5.56 Å². The van der Waals surface area contributed by atoms with Gasteiger partial charge in [0.1, 0.15) is 12.2 Å². The van der Waals surface area contributed by atoms with Crippen LogP contribution in [0.1, 0.15) is 66.0 Å². The van der Waals surface area contributed by atoms with Crippen molar-refractivity contribution in [3.63, 3.8) is 0 Å². The van der Waals surface area contributed by atoms with Gasteiger partial charge in [0.15, 0.2) is 17.2 Å². The van der Waals surface area contributed by atoms with Gasteiger partial charge in [0.2, 0.25) is 5.95 Å². The second kappa shape index (κ2) is 9.69. The van der Waals surface area contributed by atoms with Crippen molar-refractivity contribution in [3.05, 3.63) is 22.6 Å². The molecular formula is C21H35N4O8P. The number of fused-ring (bicyclic) bond motifs is 1. The zero-order chi connectivity index (χ0) is 25.5. The highest BCUT2D eigenvalue weighted by atomic mass is 31.2. The molecule has 1 unspecified atom stereocenters. The fraction of sp³-hybridized carbons (Fsp3) is 0.714. The molecule has 13 heteroatoms. The van der Waals surface area contributed by atoms with Crippen LogP contribution < -0.4 is 11.3 Å². The number of nitrogens with one attached hydrogen (secondary N) is 1. The van der Waals surface area contributed by atoms with E-state index in [9.17, 15) is 29.6 Å². The van der Waals surface area contributed by atoms with Gasteiger partial charge in [-0.1, -0.05) is 27.7 Å². The highest BCUT2D eigenvalue weighted by Crippen LogP contribution is 2.61. The second-order valence-electron chi connectivity index (χ2n) is 8.85. The smallest absolute Gasteiger partial charge is 0.359 e. The van der Waals surface area contributed by atoms with Gasteiger partial charge in [-0.05, 0) is 31.7 Å². The summed E-state index contributed by atoms with van der Waals surface area (Å²) in [6, 6.07) is 1.50. The Balaban J connectivity index is 1.90. The molecule has 12 nitrogen and oxygen atoms in total. The van der Waals surface area contributed by atoms with Crippen molar-refractivity contribution < 1.29 is 34.0 Å². The van der Waals surface area contributed by atoms with Crippen LogP contribution in [0.4, 0.5) is 5.95 Å². The van der Waals surface area contributed by atoms with E-state index in [0.717, 1.165) is 0 Å². The van der Waals surface area contributed by atoms with Gasteiger partial charge in [-0.2, -0.15) is 4.98 Å². The van der Waals surface area contributed by atoms with Gasteiger partial charge in [-0.25, -0.2) is 0 Å². The summed E-state index contributed by atoms with van der Waals surface area (Å²) in [7, 11) is -4.48. The predicted octanol–water partition coefficient (Wildman–Crippen LogP) is 1.59. The highest BCUT2D eigenvalue weighted by Gasteiger charge is 2.52. The van der Waals surface area contributed by atoms with Crippen molar-refractivity contribution >= 4 is 24.6 Å². The summed E-state index contributed by atoms with van der Waals surface area (Å²) in [6.45, 7) is 6.75. The molecular weight excluding hydrogens is 467 g/mol. The molecule has 1 aliphatic rings. The molecule has 0 aromatic carbocycles. The van der Waals surface area contributed by atoms with E-state index in [1.54, 1.807) is 27.7 Å². The van der Waals surface area contributed by atoms with Crippen LogP contribution in [0.3, 0.4) is 0 Å². The quantitative estimate of drug-likeness (QED) is 0.260. The van der Waals surface area contributed by atoms with Crippen LogP contribution >= 0.6 is 7.60 Å². The minimum Gasteiger partial charge on any atom is -0.388 e. The maximum atomic E-state index is 13.1. The van der Waals surface area contributed by atoms with Crippen LogP contribution in [-0.2, 0) is 13.8 Å². The first-order valence-corrected chi connectivity index (χ1v) is 13.1. The Morgan fingerprint density at radius 1 is 1.21 bits per heavy atom. The lowest BCUT2D eigenvalue weighted by Crippen LogP contribution is -2.42. The minimum atomic E-state index is -4.48. The summed E-state index contributed by atoms with van der Waals surface area (Å²) in [5.74, 6) is -0.107. The molecule has 192 valence electrons. The highest BCUT2D eigenvalue weighted by molar-refractivity contribution is 7.54. The van der Waals surface area contributed by atoms with Crippen LogP contribution in [0.15, 0.2) is 17.1 Å². The van der Waals surface area contributed by atoms with E-state index in [0.29, 0.717) is 12.8 Å². The molecule has 0 amide bonds. The number of aromatic amines is 1. The van der Waals surface area contributed by atoms with Crippen molar-refractivity contribution in [2.45, 2.75) is 95.3 Å². The molecule has 3 rings (SSSR count). The fourth-order valence-electron chi connectivity index (χ4n) is 4.46. The van der Waals surface area contributed by atoms with Gasteiger partial charge in [0.05, 0.1) is 17.1 Å². The van der Waals surface area contributed by atoms with Gasteiger partial charge >= 0.3 is 7.60 Å². The summed E-state index contributed by atoms with van der Waals surface area (Å²) in [5, 5.41) is 30.5. The first-order valence-electron chi connectivity index (χ1n) is 11.5. The Bertz CT molecular complexity index is 1110. The number of nitrogen functional groups attached to an aromatic ring is 1. The molecule has 3 heterocycles. The summed E-state index contributed by atoms with van der Waals surface area (Å²) < 4.78 is 26.2. The zero-order valence-corrected chi connectivity index (χ0v) is 20.7. The third-order valence-corrected chi connectivity index (χ3v) is 9.37. The molecule has 1 aliphatic heterocycles. The first-order chi connectivity index (χ1) is 15.9. The largest absolute Gasteiger partial charge is 0.388 e. The normalized spacial score (nSPS) is 25.6. The molecule has 0 bridgehead atoms. The molecule has 1 fully saturated rings. The number of aliphatic hydroxyl groups is 3. The average Bonchev–Trinajstić information content (AvgIpc) is 3.33. The number of H-pyrrole nitrogens is 1. The van der Waals surface area contributed by atoms with Crippen LogP contribution in [0, 0.1) is 0 Å². The first kappa shape index (κ1) is 26.8. The molecule has 7 N–H and O–H groups in total. The molecule has 34 heavy (non-hydrogen) atoms. The topological polar surface area (TPSA) is 193 Å². The Kier molecular flexibility index (Phi) is 7.64. The Hall–Kier alpha value is -1.79. The summed E-state index contributed by atoms with van der Waals surface area (Å²) in [4.78, 5) is 29.3. The van der Waals surface area contributed by atoms with E-state index in [2.05, 4.69) is 9.97 Å². The van der Waals surface area contributed by atoms with Crippen molar-refractivity contribution in [1.29, 1.82) is 0 Å². The van der Waals surface area contributed by atoms with E-state index >= 15 is 0 Å². The maximum absolute atomic E-state index is 13.1. The molecule has 0 aliphatic carbocycles. The van der Waals surface area contributed by atoms with Crippen molar-refractivity contribution in [3.8, 4) is 0 Å². The summed E-state index contributed by atoms with van der Waals surface area (Å²) in [6.07, 6.45) is -2.64. The van der Waals surface area contributed by atoms with Crippen molar-refractivity contribution in [1.82, 2.24) is 14.5 Å². The van der Waals surface area contributed by atoms with E-state index < -0.39 is 48.6 Å². The molecule has 2 aromatic rings. The standard InChI is InChI=1S/C21H35N4O8P/c1-5-20(6-2,33-34(30,31)21(29,7-3)8-4)11-13-14(26)15(27)18(32-13)25-10-9-12-16(25)23-19(22)24-17(12)28/h9-10,13-15,18,26-27,29H,5-8,11H2,1-4H3,(H,30,31)(H3,22,23,24,28)/t13-,14-,15-,18-/m1/s1. The Morgan fingerprint density at radius 2 is 1.82 bits per heavy atom. The third-order valence-electron chi connectivity index (χ3n) is 7.05. The maximum Gasteiger partial charge on any atom is 0.359 e. The number of nitrogens with zero attached hydrogens (tertiary/aromatic N) is 2. The number of aliphatic hydroxyl groups excluding tert-OH is 2. The minimum absolute atomic E-state index is 0.0157. The lowest BCUT2D eigenvalue weighted by atomic mass is 9.88. The summed E-state index contributed by atoms with van der Waals surface area (Å²) in [5.41, 5.74) is 4.18. The van der Waals surface area contributed by atoms with E-state index in [4.69, 9.17) is 15.0 Å². The van der Waals surface area contributed by atoms with E-state index in [1.807, 2.05) is 0 Å². The van der Waals surface area contributed by atoms with Crippen LogP contribution in [-0.4, -0.2) is 64.0 Å². The van der Waals surface area contributed by atoms with Gasteiger partial charge in [-0.3, -0.25) is 18.9 Å². The molecule has 0 saturated carbocycles. The zero-order valence-electron chi connectivity index (χ0n) is 19.8. The van der Waals surface area contributed by atoms with Crippen molar-refractivity contribution in [2.75, 3.05) is 5.73 Å².